The fourth-order valence-corrected chi connectivity index (χ4v) is 4.00. The fraction of sp³-hybridized carbons (Fsp3) is 0.160. The lowest BCUT2D eigenvalue weighted by molar-refractivity contribution is -0.384. The van der Waals surface area contributed by atoms with E-state index in [4.69, 9.17) is 4.74 Å². The Morgan fingerprint density at radius 3 is 2.16 bits per heavy atom. The van der Waals surface area contributed by atoms with Gasteiger partial charge in [-0.2, -0.15) is 0 Å². The van der Waals surface area contributed by atoms with E-state index < -0.39 is 10.9 Å². The quantitative estimate of drug-likeness (QED) is 0.322. The molecule has 0 spiro atoms. The predicted octanol–water partition coefficient (Wildman–Crippen LogP) is 5.31. The number of hydrogen-bond acceptors (Lipinski definition) is 5. The first-order valence-electron chi connectivity index (χ1n) is 9.94. The van der Waals surface area contributed by atoms with Gasteiger partial charge in [-0.25, -0.2) is 4.79 Å². The number of ether oxygens (including phenoxy) is 1. The number of carbonyl (C=O) groups excluding carboxylic acids is 1. The van der Waals surface area contributed by atoms with Crippen LogP contribution in [0.15, 0.2) is 90.5 Å². The van der Waals surface area contributed by atoms with E-state index >= 15 is 0 Å². The number of rotatable bonds is 5. The Hall–Kier alpha value is -3.93. The van der Waals surface area contributed by atoms with Crippen molar-refractivity contribution in [2.45, 2.75) is 19.0 Å². The summed E-state index contributed by atoms with van der Waals surface area (Å²) in [4.78, 5) is 25.6. The third kappa shape index (κ3) is 3.92. The van der Waals surface area contributed by atoms with Crippen LogP contribution in [0.1, 0.15) is 28.8 Å². The second-order valence-corrected chi connectivity index (χ2v) is 7.46. The standard InChI is InChI=1S/C25H22N2O4/c1-17-8-10-19(11-9-17)24-22(25(28)31-2)16-23(18-6-4-3-5-7-18)26(24)20-12-14-21(15-13-20)27(29)30/h3-16,23-24H,1-2H3/t23-,24+/m1/s1. The zero-order chi connectivity index (χ0) is 22.0. The van der Waals surface area contributed by atoms with Gasteiger partial charge in [0.15, 0.2) is 0 Å². The van der Waals surface area contributed by atoms with Crippen molar-refractivity contribution in [2.24, 2.45) is 0 Å². The van der Waals surface area contributed by atoms with E-state index in [9.17, 15) is 14.9 Å². The maximum Gasteiger partial charge on any atom is 0.335 e. The lowest BCUT2D eigenvalue weighted by Crippen LogP contribution is -2.29. The van der Waals surface area contributed by atoms with Gasteiger partial charge < -0.3 is 9.64 Å². The number of non-ortho nitro benzene ring substituents is 1. The van der Waals surface area contributed by atoms with Crippen molar-refractivity contribution in [2.75, 3.05) is 12.0 Å². The van der Waals surface area contributed by atoms with Crippen molar-refractivity contribution in [3.63, 3.8) is 0 Å². The molecule has 6 heteroatoms. The summed E-state index contributed by atoms with van der Waals surface area (Å²) in [6.07, 6.45) is 1.92. The zero-order valence-electron chi connectivity index (χ0n) is 17.3. The van der Waals surface area contributed by atoms with Crippen LogP contribution < -0.4 is 4.90 Å². The van der Waals surface area contributed by atoms with Crippen molar-refractivity contribution in [1.82, 2.24) is 0 Å². The second-order valence-electron chi connectivity index (χ2n) is 7.46. The van der Waals surface area contributed by atoms with Crippen LogP contribution in [0.5, 0.6) is 0 Å². The molecule has 6 nitrogen and oxygen atoms in total. The second kappa shape index (κ2) is 8.44. The van der Waals surface area contributed by atoms with Crippen molar-refractivity contribution in [3.05, 3.63) is 117 Å². The van der Waals surface area contributed by atoms with Crippen molar-refractivity contribution < 1.29 is 14.5 Å². The Bertz CT molecular complexity index is 1120. The summed E-state index contributed by atoms with van der Waals surface area (Å²) in [6, 6.07) is 23.7. The largest absolute Gasteiger partial charge is 0.466 e. The minimum absolute atomic E-state index is 0.0206. The summed E-state index contributed by atoms with van der Waals surface area (Å²) in [5.41, 5.74) is 4.41. The highest BCUT2D eigenvalue weighted by atomic mass is 16.6. The van der Waals surface area contributed by atoms with E-state index in [2.05, 4.69) is 4.90 Å². The molecule has 1 aliphatic heterocycles. The maximum absolute atomic E-state index is 12.8. The number of aryl methyl sites for hydroxylation is 1. The number of methoxy groups -OCH3 is 1. The lowest BCUT2D eigenvalue weighted by Gasteiger charge is -2.34. The van der Waals surface area contributed by atoms with Gasteiger partial charge in [-0.1, -0.05) is 60.2 Å². The molecule has 0 aliphatic carbocycles. The molecule has 0 fully saturated rings. The predicted molar refractivity (Wildman–Crippen MR) is 119 cm³/mol. The molecule has 0 unspecified atom stereocenters. The Morgan fingerprint density at radius 1 is 0.935 bits per heavy atom. The molecular formula is C25H22N2O4. The summed E-state index contributed by atoms with van der Waals surface area (Å²) in [7, 11) is 1.38. The molecule has 156 valence electrons. The molecule has 0 bridgehead atoms. The molecule has 0 saturated heterocycles. The Morgan fingerprint density at radius 2 is 1.58 bits per heavy atom. The molecule has 0 saturated carbocycles. The van der Waals surface area contributed by atoms with Crippen LogP contribution in [-0.2, 0) is 9.53 Å². The molecule has 1 heterocycles. The summed E-state index contributed by atoms with van der Waals surface area (Å²) in [5, 5.41) is 11.1. The van der Waals surface area contributed by atoms with Crippen LogP contribution in [-0.4, -0.2) is 18.0 Å². The molecule has 2 atom stereocenters. The Balaban J connectivity index is 1.88. The van der Waals surface area contributed by atoms with E-state index in [1.54, 1.807) is 12.1 Å². The lowest BCUT2D eigenvalue weighted by atomic mass is 9.98. The normalized spacial score (nSPS) is 17.9. The van der Waals surface area contributed by atoms with Gasteiger partial charge >= 0.3 is 5.97 Å². The van der Waals surface area contributed by atoms with E-state index in [0.29, 0.717) is 5.57 Å². The molecule has 0 N–H and O–H groups in total. The van der Waals surface area contributed by atoms with Gasteiger partial charge in [0.25, 0.3) is 5.69 Å². The number of anilines is 1. The summed E-state index contributed by atoms with van der Waals surface area (Å²) in [5.74, 6) is -0.393. The first-order valence-corrected chi connectivity index (χ1v) is 9.94. The highest BCUT2D eigenvalue weighted by molar-refractivity contribution is 5.93. The highest BCUT2D eigenvalue weighted by Crippen LogP contribution is 2.46. The van der Waals surface area contributed by atoms with Crippen LogP contribution >= 0.6 is 0 Å². The minimum Gasteiger partial charge on any atom is -0.466 e. The van der Waals surface area contributed by atoms with Crippen LogP contribution in [0.3, 0.4) is 0 Å². The van der Waals surface area contributed by atoms with Crippen molar-refractivity contribution in [1.29, 1.82) is 0 Å². The molecule has 4 rings (SSSR count). The van der Waals surface area contributed by atoms with E-state index in [1.165, 1.54) is 19.2 Å². The summed E-state index contributed by atoms with van der Waals surface area (Å²) < 4.78 is 5.11. The molecule has 3 aromatic carbocycles. The highest BCUT2D eigenvalue weighted by Gasteiger charge is 2.40. The monoisotopic (exact) mass is 414 g/mol. The van der Waals surface area contributed by atoms with E-state index in [1.807, 2.05) is 67.6 Å². The van der Waals surface area contributed by atoms with Crippen molar-refractivity contribution in [3.8, 4) is 0 Å². The smallest absolute Gasteiger partial charge is 0.335 e. The average molecular weight is 414 g/mol. The zero-order valence-corrected chi connectivity index (χ0v) is 17.3. The van der Waals surface area contributed by atoms with Gasteiger partial charge in [0.1, 0.15) is 0 Å². The van der Waals surface area contributed by atoms with Crippen LogP contribution in [0.25, 0.3) is 0 Å². The third-order valence-electron chi connectivity index (χ3n) is 5.52. The summed E-state index contributed by atoms with van der Waals surface area (Å²) in [6.45, 7) is 2.01. The maximum atomic E-state index is 12.8. The molecule has 0 aromatic heterocycles. The van der Waals surface area contributed by atoms with Gasteiger partial charge in [0, 0.05) is 17.8 Å². The Kier molecular flexibility index (Phi) is 5.54. The van der Waals surface area contributed by atoms with E-state index in [-0.39, 0.29) is 17.8 Å². The Labute approximate surface area is 180 Å². The molecule has 0 amide bonds. The van der Waals surface area contributed by atoms with E-state index in [0.717, 1.165) is 22.4 Å². The fourth-order valence-electron chi connectivity index (χ4n) is 4.00. The topological polar surface area (TPSA) is 72.7 Å². The number of carbonyl (C=O) groups is 1. The van der Waals surface area contributed by atoms with Crippen LogP contribution in [0.4, 0.5) is 11.4 Å². The van der Waals surface area contributed by atoms with Crippen molar-refractivity contribution >= 4 is 17.3 Å². The number of esters is 1. The van der Waals surface area contributed by atoms with Crippen LogP contribution in [0.2, 0.25) is 0 Å². The first kappa shape index (κ1) is 20.3. The average Bonchev–Trinajstić information content (AvgIpc) is 3.20. The number of nitrogens with zero attached hydrogens (tertiary/aromatic N) is 2. The third-order valence-corrected chi connectivity index (χ3v) is 5.52. The van der Waals surface area contributed by atoms with Gasteiger partial charge in [-0.05, 0) is 36.3 Å². The number of nitro benzene ring substituents is 1. The summed E-state index contributed by atoms with van der Waals surface area (Å²) >= 11 is 0. The minimum atomic E-state index is -0.419. The van der Waals surface area contributed by atoms with Gasteiger partial charge in [-0.3, -0.25) is 10.1 Å². The number of benzene rings is 3. The molecule has 31 heavy (non-hydrogen) atoms. The first-order chi connectivity index (χ1) is 15.0. The number of hydrogen-bond donors (Lipinski definition) is 0. The number of nitro groups is 1. The SMILES string of the molecule is COC(=O)C1=C[C@H](c2ccccc2)N(c2ccc([N+](=O)[O-])cc2)[C@H]1c1ccc(C)cc1. The van der Waals surface area contributed by atoms with Crippen LogP contribution in [0, 0.1) is 17.0 Å². The van der Waals surface area contributed by atoms with Gasteiger partial charge in [0.05, 0.1) is 29.7 Å². The molecule has 1 aliphatic rings. The molecular weight excluding hydrogens is 392 g/mol. The molecule has 0 radical (unpaired) electrons. The van der Waals surface area contributed by atoms with Gasteiger partial charge in [0.2, 0.25) is 0 Å². The van der Waals surface area contributed by atoms with Gasteiger partial charge in [-0.15, -0.1) is 0 Å². The molecule has 3 aromatic rings.